The molecule has 1 aliphatic carbocycles. The minimum atomic E-state index is 1.11. The van der Waals surface area contributed by atoms with Crippen molar-refractivity contribution in [2.75, 3.05) is 5.75 Å². The van der Waals surface area contributed by atoms with Gasteiger partial charge >= 0.3 is 0 Å². The van der Waals surface area contributed by atoms with Gasteiger partial charge in [-0.2, -0.15) is 0 Å². The van der Waals surface area contributed by atoms with Gasteiger partial charge in [-0.05, 0) is 46.9 Å². The second-order valence-electron chi connectivity index (χ2n) is 4.82. The first kappa shape index (κ1) is 11.9. The van der Waals surface area contributed by atoms with E-state index in [1.807, 2.05) is 11.8 Å². The Kier molecular flexibility index (Phi) is 3.42. The standard InChI is InChI=1S/C17H18S/c1-2-3-11-18-17-10-6-9-15-14-8-5-4-7-13(14)12-16(15)17/h4-10H,2-3,11-12H2,1H3. The summed E-state index contributed by atoms with van der Waals surface area (Å²) in [5, 5.41) is 0. The van der Waals surface area contributed by atoms with Gasteiger partial charge in [0.25, 0.3) is 0 Å². The predicted octanol–water partition coefficient (Wildman–Crippen LogP) is 5.15. The van der Waals surface area contributed by atoms with Crippen molar-refractivity contribution in [2.45, 2.75) is 31.1 Å². The van der Waals surface area contributed by atoms with Crippen molar-refractivity contribution < 1.29 is 0 Å². The highest BCUT2D eigenvalue weighted by Gasteiger charge is 2.20. The van der Waals surface area contributed by atoms with Crippen LogP contribution in [0, 0.1) is 0 Å². The second kappa shape index (κ2) is 5.19. The largest absolute Gasteiger partial charge is 0.126 e. The Balaban J connectivity index is 1.93. The fourth-order valence-electron chi connectivity index (χ4n) is 2.59. The molecule has 0 nitrogen and oxygen atoms in total. The number of unbranched alkanes of at least 4 members (excludes halogenated alkanes) is 1. The number of hydrogen-bond acceptors (Lipinski definition) is 1. The topological polar surface area (TPSA) is 0 Å². The Bertz CT molecular complexity index is 557. The molecule has 92 valence electrons. The maximum absolute atomic E-state index is 2.28. The third-order valence-electron chi connectivity index (χ3n) is 3.56. The zero-order valence-electron chi connectivity index (χ0n) is 10.8. The number of hydrogen-bond donors (Lipinski definition) is 0. The SMILES string of the molecule is CCCCSc1cccc2c1Cc1ccccc1-2. The molecule has 2 aromatic rings. The third-order valence-corrected chi connectivity index (χ3v) is 4.75. The molecule has 18 heavy (non-hydrogen) atoms. The first-order valence-electron chi connectivity index (χ1n) is 6.73. The monoisotopic (exact) mass is 254 g/mol. The Morgan fingerprint density at radius 2 is 1.83 bits per heavy atom. The van der Waals surface area contributed by atoms with E-state index < -0.39 is 0 Å². The smallest absolute Gasteiger partial charge is 0.0114 e. The van der Waals surface area contributed by atoms with Gasteiger partial charge in [0.1, 0.15) is 0 Å². The van der Waals surface area contributed by atoms with Gasteiger partial charge in [0, 0.05) is 4.90 Å². The molecule has 0 atom stereocenters. The maximum Gasteiger partial charge on any atom is 0.0114 e. The average Bonchev–Trinajstić information content (AvgIpc) is 2.79. The second-order valence-corrected chi connectivity index (χ2v) is 5.95. The summed E-state index contributed by atoms with van der Waals surface area (Å²) in [5.74, 6) is 1.24. The lowest BCUT2D eigenvalue weighted by molar-refractivity contribution is 0.896. The van der Waals surface area contributed by atoms with E-state index in [2.05, 4.69) is 49.4 Å². The number of fused-ring (bicyclic) bond motifs is 3. The van der Waals surface area contributed by atoms with Gasteiger partial charge in [-0.25, -0.2) is 0 Å². The van der Waals surface area contributed by atoms with E-state index in [1.54, 1.807) is 5.56 Å². The Labute approximate surface area is 113 Å². The molecule has 2 aromatic carbocycles. The summed E-state index contributed by atoms with van der Waals surface area (Å²) in [6, 6.07) is 15.6. The molecule has 0 fully saturated rings. The Morgan fingerprint density at radius 1 is 1.00 bits per heavy atom. The average molecular weight is 254 g/mol. The van der Waals surface area contributed by atoms with Crippen LogP contribution >= 0.6 is 11.8 Å². The summed E-state index contributed by atoms with van der Waals surface area (Å²) in [4.78, 5) is 1.48. The highest BCUT2D eigenvalue weighted by Crippen LogP contribution is 2.41. The van der Waals surface area contributed by atoms with E-state index in [1.165, 1.54) is 40.2 Å². The normalized spacial score (nSPS) is 12.3. The number of rotatable bonds is 4. The van der Waals surface area contributed by atoms with Crippen LogP contribution < -0.4 is 0 Å². The summed E-state index contributed by atoms with van der Waals surface area (Å²) in [7, 11) is 0. The molecule has 0 aliphatic heterocycles. The zero-order chi connectivity index (χ0) is 12.4. The fourth-order valence-corrected chi connectivity index (χ4v) is 3.77. The molecule has 0 heterocycles. The lowest BCUT2D eigenvalue weighted by Gasteiger charge is -2.07. The minimum absolute atomic E-state index is 1.11. The molecule has 0 saturated heterocycles. The van der Waals surface area contributed by atoms with Crippen LogP contribution in [0.2, 0.25) is 0 Å². The van der Waals surface area contributed by atoms with E-state index in [9.17, 15) is 0 Å². The molecule has 1 aliphatic rings. The van der Waals surface area contributed by atoms with E-state index in [-0.39, 0.29) is 0 Å². The van der Waals surface area contributed by atoms with Gasteiger partial charge in [0.2, 0.25) is 0 Å². The van der Waals surface area contributed by atoms with Crippen LogP contribution in [-0.2, 0) is 6.42 Å². The van der Waals surface area contributed by atoms with Crippen LogP contribution in [0.1, 0.15) is 30.9 Å². The van der Waals surface area contributed by atoms with E-state index >= 15 is 0 Å². The molecule has 0 spiro atoms. The molecule has 0 aromatic heterocycles. The van der Waals surface area contributed by atoms with Crippen LogP contribution in [0.15, 0.2) is 47.4 Å². The van der Waals surface area contributed by atoms with Crippen molar-refractivity contribution in [3.63, 3.8) is 0 Å². The zero-order valence-corrected chi connectivity index (χ0v) is 11.6. The minimum Gasteiger partial charge on any atom is -0.126 e. The van der Waals surface area contributed by atoms with Crippen molar-refractivity contribution >= 4 is 11.8 Å². The molecule has 0 unspecified atom stereocenters. The summed E-state index contributed by atoms with van der Waals surface area (Å²) in [6.07, 6.45) is 3.70. The molecule has 0 bridgehead atoms. The lowest BCUT2D eigenvalue weighted by Crippen LogP contribution is -1.87. The maximum atomic E-state index is 2.28. The van der Waals surface area contributed by atoms with Crippen LogP contribution in [0.4, 0.5) is 0 Å². The molecule has 0 N–H and O–H groups in total. The third kappa shape index (κ3) is 2.08. The fraction of sp³-hybridized carbons (Fsp3) is 0.294. The number of benzene rings is 2. The van der Waals surface area contributed by atoms with Crippen molar-refractivity contribution in [1.82, 2.24) is 0 Å². The summed E-state index contributed by atoms with van der Waals surface area (Å²) < 4.78 is 0. The summed E-state index contributed by atoms with van der Waals surface area (Å²) in [6.45, 7) is 2.26. The quantitative estimate of drug-likeness (QED) is 0.458. The van der Waals surface area contributed by atoms with Crippen molar-refractivity contribution in [3.8, 4) is 11.1 Å². The first-order chi connectivity index (χ1) is 8.90. The van der Waals surface area contributed by atoms with Crippen LogP contribution in [0.5, 0.6) is 0 Å². The molecule has 1 heteroatoms. The van der Waals surface area contributed by atoms with Gasteiger partial charge in [0.15, 0.2) is 0 Å². The number of thioether (sulfide) groups is 1. The predicted molar refractivity (Wildman–Crippen MR) is 80.3 cm³/mol. The lowest BCUT2D eigenvalue weighted by atomic mass is 10.1. The van der Waals surface area contributed by atoms with E-state index in [0.717, 1.165) is 6.42 Å². The first-order valence-corrected chi connectivity index (χ1v) is 7.71. The molecule has 3 rings (SSSR count). The highest BCUT2D eigenvalue weighted by molar-refractivity contribution is 7.99. The summed E-state index contributed by atoms with van der Waals surface area (Å²) >= 11 is 2.02. The molecule has 0 amide bonds. The van der Waals surface area contributed by atoms with E-state index in [4.69, 9.17) is 0 Å². The van der Waals surface area contributed by atoms with Crippen molar-refractivity contribution in [2.24, 2.45) is 0 Å². The Hall–Kier alpha value is -1.21. The molecule has 0 radical (unpaired) electrons. The highest BCUT2D eigenvalue weighted by atomic mass is 32.2. The van der Waals surface area contributed by atoms with Gasteiger partial charge in [-0.1, -0.05) is 49.7 Å². The van der Waals surface area contributed by atoms with Crippen molar-refractivity contribution in [3.05, 3.63) is 53.6 Å². The molecule has 0 saturated carbocycles. The Morgan fingerprint density at radius 3 is 2.72 bits per heavy atom. The molecular weight excluding hydrogens is 236 g/mol. The van der Waals surface area contributed by atoms with Gasteiger partial charge in [-0.3, -0.25) is 0 Å². The van der Waals surface area contributed by atoms with Gasteiger partial charge < -0.3 is 0 Å². The van der Waals surface area contributed by atoms with Gasteiger partial charge in [-0.15, -0.1) is 11.8 Å². The van der Waals surface area contributed by atoms with E-state index in [0.29, 0.717) is 0 Å². The van der Waals surface area contributed by atoms with Crippen LogP contribution in [0.3, 0.4) is 0 Å². The summed E-state index contributed by atoms with van der Waals surface area (Å²) in [5.41, 5.74) is 5.91. The van der Waals surface area contributed by atoms with Crippen LogP contribution in [0.25, 0.3) is 11.1 Å². The van der Waals surface area contributed by atoms with Crippen molar-refractivity contribution in [1.29, 1.82) is 0 Å². The molecular formula is C17H18S. The van der Waals surface area contributed by atoms with Gasteiger partial charge in [0.05, 0.1) is 0 Å². The van der Waals surface area contributed by atoms with Crippen LogP contribution in [-0.4, -0.2) is 5.75 Å².